The third-order valence-electron chi connectivity index (χ3n) is 2.83. The molecule has 2 amide bonds. The van der Waals surface area contributed by atoms with Gasteiger partial charge in [-0.2, -0.15) is 0 Å². The molecule has 0 atom stereocenters. The highest BCUT2D eigenvalue weighted by atomic mass is 16.4. The number of amides is 2. The van der Waals surface area contributed by atoms with E-state index in [0.717, 1.165) is 18.0 Å². The van der Waals surface area contributed by atoms with Crippen molar-refractivity contribution in [3.63, 3.8) is 0 Å². The molecular formula is C10H19N3O3. The molecule has 6 nitrogen and oxygen atoms in total. The SMILES string of the molecule is CCN(CC(=O)N1CCN(C)CC1)C(=O)O. The summed E-state index contributed by atoms with van der Waals surface area (Å²) in [5, 5.41) is 8.81. The van der Waals surface area contributed by atoms with Crippen molar-refractivity contribution >= 4 is 12.0 Å². The summed E-state index contributed by atoms with van der Waals surface area (Å²) in [5.41, 5.74) is 0. The number of nitrogens with zero attached hydrogens (tertiary/aromatic N) is 3. The van der Waals surface area contributed by atoms with Crippen molar-refractivity contribution in [3.05, 3.63) is 0 Å². The second kappa shape index (κ2) is 5.69. The summed E-state index contributed by atoms with van der Waals surface area (Å²) in [6.45, 7) is 5.12. The standard InChI is InChI=1S/C10H19N3O3/c1-3-12(10(15)16)8-9(14)13-6-4-11(2)5-7-13/h3-8H2,1-2H3,(H,15,16). The normalized spacial score (nSPS) is 17.2. The van der Waals surface area contributed by atoms with E-state index in [-0.39, 0.29) is 12.5 Å². The molecule has 0 aliphatic carbocycles. The second-order valence-electron chi connectivity index (χ2n) is 3.98. The van der Waals surface area contributed by atoms with Crippen molar-refractivity contribution in [3.8, 4) is 0 Å². The lowest BCUT2D eigenvalue weighted by Crippen LogP contribution is -2.50. The summed E-state index contributed by atoms with van der Waals surface area (Å²) < 4.78 is 0. The van der Waals surface area contributed by atoms with Crippen LogP contribution >= 0.6 is 0 Å². The van der Waals surface area contributed by atoms with Gasteiger partial charge in [-0.15, -0.1) is 0 Å². The summed E-state index contributed by atoms with van der Waals surface area (Å²) in [6.07, 6.45) is -1.04. The maximum absolute atomic E-state index is 11.8. The van der Waals surface area contributed by atoms with Crippen LogP contribution in [-0.2, 0) is 4.79 Å². The molecule has 1 N–H and O–H groups in total. The number of hydrogen-bond acceptors (Lipinski definition) is 3. The molecule has 0 unspecified atom stereocenters. The van der Waals surface area contributed by atoms with E-state index in [4.69, 9.17) is 5.11 Å². The van der Waals surface area contributed by atoms with Gasteiger partial charge in [-0.1, -0.05) is 0 Å². The maximum Gasteiger partial charge on any atom is 0.407 e. The molecule has 0 radical (unpaired) electrons. The summed E-state index contributed by atoms with van der Waals surface area (Å²) >= 11 is 0. The fraction of sp³-hybridized carbons (Fsp3) is 0.800. The highest BCUT2D eigenvalue weighted by molar-refractivity contribution is 5.81. The Balaban J connectivity index is 2.42. The molecule has 1 heterocycles. The molecule has 1 rings (SSSR count). The minimum absolute atomic E-state index is 0.0322. The van der Waals surface area contributed by atoms with Crippen molar-refractivity contribution in [2.45, 2.75) is 6.92 Å². The van der Waals surface area contributed by atoms with Crippen LogP contribution in [0.15, 0.2) is 0 Å². The Morgan fingerprint density at radius 3 is 2.25 bits per heavy atom. The summed E-state index contributed by atoms with van der Waals surface area (Å²) in [6, 6.07) is 0. The molecule has 0 spiro atoms. The zero-order chi connectivity index (χ0) is 12.1. The van der Waals surface area contributed by atoms with Gasteiger partial charge in [0.2, 0.25) is 5.91 Å². The number of rotatable bonds is 3. The minimum Gasteiger partial charge on any atom is -0.465 e. The molecule has 0 aromatic carbocycles. The van der Waals surface area contributed by atoms with Crippen LogP contribution in [-0.4, -0.2) is 78.1 Å². The van der Waals surface area contributed by atoms with Crippen molar-refractivity contribution in [2.24, 2.45) is 0 Å². The van der Waals surface area contributed by atoms with Crippen LogP contribution in [0.2, 0.25) is 0 Å². The zero-order valence-corrected chi connectivity index (χ0v) is 9.85. The van der Waals surface area contributed by atoms with E-state index in [2.05, 4.69) is 4.90 Å². The van der Waals surface area contributed by atoms with Crippen molar-refractivity contribution in [1.82, 2.24) is 14.7 Å². The first-order chi connectivity index (χ1) is 7.54. The summed E-state index contributed by atoms with van der Waals surface area (Å²) in [7, 11) is 2.01. The lowest BCUT2D eigenvalue weighted by atomic mass is 10.3. The third kappa shape index (κ3) is 3.37. The monoisotopic (exact) mass is 229 g/mol. The largest absolute Gasteiger partial charge is 0.465 e. The van der Waals surface area contributed by atoms with E-state index in [1.165, 1.54) is 0 Å². The van der Waals surface area contributed by atoms with Gasteiger partial charge < -0.3 is 14.9 Å². The van der Waals surface area contributed by atoms with E-state index in [1.807, 2.05) is 7.05 Å². The van der Waals surface area contributed by atoms with Gasteiger partial charge in [0, 0.05) is 32.7 Å². The van der Waals surface area contributed by atoms with E-state index in [1.54, 1.807) is 11.8 Å². The third-order valence-corrected chi connectivity index (χ3v) is 2.83. The first kappa shape index (κ1) is 12.8. The Morgan fingerprint density at radius 1 is 1.25 bits per heavy atom. The molecule has 0 saturated carbocycles. The highest BCUT2D eigenvalue weighted by Crippen LogP contribution is 2.01. The molecule has 0 aromatic rings. The van der Waals surface area contributed by atoms with Crippen molar-refractivity contribution in [1.29, 1.82) is 0 Å². The molecule has 92 valence electrons. The summed E-state index contributed by atoms with van der Waals surface area (Å²) in [4.78, 5) is 27.5. The van der Waals surface area contributed by atoms with Crippen LogP contribution in [0.5, 0.6) is 0 Å². The van der Waals surface area contributed by atoms with Crippen molar-refractivity contribution < 1.29 is 14.7 Å². The number of likely N-dealkylation sites (N-methyl/N-ethyl adjacent to an activating group) is 2. The molecule has 1 aliphatic heterocycles. The molecule has 6 heteroatoms. The van der Waals surface area contributed by atoms with Gasteiger partial charge in [0.15, 0.2) is 0 Å². The van der Waals surface area contributed by atoms with Crippen LogP contribution in [0.1, 0.15) is 6.92 Å². The molecular weight excluding hydrogens is 210 g/mol. The predicted octanol–water partition coefficient (Wildman–Crippen LogP) is -0.240. The van der Waals surface area contributed by atoms with E-state index in [9.17, 15) is 9.59 Å². The second-order valence-corrected chi connectivity index (χ2v) is 3.98. The number of carbonyl (C=O) groups excluding carboxylic acids is 1. The van der Waals surface area contributed by atoms with Crippen molar-refractivity contribution in [2.75, 3.05) is 46.3 Å². The molecule has 16 heavy (non-hydrogen) atoms. The van der Waals surface area contributed by atoms with Crippen LogP contribution in [0.3, 0.4) is 0 Å². The van der Waals surface area contributed by atoms with Gasteiger partial charge in [0.1, 0.15) is 6.54 Å². The first-order valence-corrected chi connectivity index (χ1v) is 5.48. The number of carboxylic acid groups (broad SMARTS) is 1. The van der Waals surface area contributed by atoms with Gasteiger partial charge >= 0.3 is 6.09 Å². The molecule has 1 aliphatic rings. The predicted molar refractivity (Wildman–Crippen MR) is 59.3 cm³/mol. The van der Waals surface area contributed by atoms with Gasteiger partial charge in [0.25, 0.3) is 0 Å². The van der Waals surface area contributed by atoms with Gasteiger partial charge in [-0.3, -0.25) is 9.69 Å². The summed E-state index contributed by atoms with van der Waals surface area (Å²) in [5.74, 6) is -0.0997. The fourth-order valence-corrected chi connectivity index (χ4v) is 1.63. The lowest BCUT2D eigenvalue weighted by Gasteiger charge is -2.33. The van der Waals surface area contributed by atoms with Gasteiger partial charge in [-0.05, 0) is 14.0 Å². The van der Waals surface area contributed by atoms with E-state index < -0.39 is 6.09 Å². The molecule has 0 bridgehead atoms. The Kier molecular flexibility index (Phi) is 4.54. The van der Waals surface area contributed by atoms with Crippen LogP contribution in [0.25, 0.3) is 0 Å². The Bertz CT molecular complexity index is 262. The average molecular weight is 229 g/mol. The fourth-order valence-electron chi connectivity index (χ4n) is 1.63. The highest BCUT2D eigenvalue weighted by Gasteiger charge is 2.22. The zero-order valence-electron chi connectivity index (χ0n) is 9.85. The number of piperazine rings is 1. The first-order valence-electron chi connectivity index (χ1n) is 5.48. The van der Waals surface area contributed by atoms with Crippen LogP contribution < -0.4 is 0 Å². The average Bonchev–Trinajstić information content (AvgIpc) is 2.26. The molecule has 1 saturated heterocycles. The smallest absolute Gasteiger partial charge is 0.407 e. The van der Waals surface area contributed by atoms with Gasteiger partial charge in [0.05, 0.1) is 0 Å². The van der Waals surface area contributed by atoms with Crippen LogP contribution in [0.4, 0.5) is 4.79 Å². The molecule has 0 aromatic heterocycles. The number of hydrogen-bond donors (Lipinski definition) is 1. The Labute approximate surface area is 95.4 Å². The quantitative estimate of drug-likeness (QED) is 0.725. The maximum atomic E-state index is 11.8. The number of carbonyl (C=O) groups is 2. The topological polar surface area (TPSA) is 64.1 Å². The van der Waals surface area contributed by atoms with E-state index >= 15 is 0 Å². The van der Waals surface area contributed by atoms with E-state index in [0.29, 0.717) is 19.6 Å². The van der Waals surface area contributed by atoms with Gasteiger partial charge in [-0.25, -0.2) is 4.79 Å². The minimum atomic E-state index is -1.04. The lowest BCUT2D eigenvalue weighted by molar-refractivity contribution is -0.133. The van der Waals surface area contributed by atoms with Crippen LogP contribution in [0, 0.1) is 0 Å². The Morgan fingerprint density at radius 2 is 1.81 bits per heavy atom. The Hall–Kier alpha value is -1.30. The molecule has 1 fully saturated rings.